The molecule has 2 atom stereocenters. The summed E-state index contributed by atoms with van der Waals surface area (Å²) in [6, 6.07) is 0. The Morgan fingerprint density at radius 1 is 1.14 bits per heavy atom. The van der Waals surface area contributed by atoms with E-state index in [-0.39, 0.29) is 5.41 Å². The number of nitrogens with two attached hydrogens (primary N) is 1. The molecule has 0 saturated carbocycles. The minimum Gasteiger partial charge on any atom is -0.341 e. The van der Waals surface area contributed by atoms with E-state index >= 15 is 0 Å². The van der Waals surface area contributed by atoms with E-state index in [4.69, 9.17) is 5.73 Å². The highest BCUT2D eigenvalue weighted by Gasteiger charge is 2.26. The number of carbonyl (C=O) groups is 1. The van der Waals surface area contributed by atoms with Gasteiger partial charge in [0.05, 0.1) is 0 Å². The van der Waals surface area contributed by atoms with Gasteiger partial charge in [0.15, 0.2) is 0 Å². The summed E-state index contributed by atoms with van der Waals surface area (Å²) >= 11 is 0. The summed E-state index contributed by atoms with van der Waals surface area (Å²) in [7, 11) is 0. The SMILES string of the molecule is CC(CN)CN1CCCN(C(=O)CC(C)C(C)(C)C)CC1. The lowest BCUT2D eigenvalue weighted by Gasteiger charge is -2.29. The third kappa shape index (κ3) is 6.35. The highest BCUT2D eigenvalue weighted by atomic mass is 16.2. The molecule has 1 saturated heterocycles. The molecule has 1 aliphatic rings. The van der Waals surface area contributed by atoms with Gasteiger partial charge in [0.25, 0.3) is 0 Å². The fourth-order valence-electron chi connectivity index (χ4n) is 2.62. The van der Waals surface area contributed by atoms with Crippen molar-refractivity contribution < 1.29 is 4.79 Å². The van der Waals surface area contributed by atoms with Crippen LogP contribution in [0.15, 0.2) is 0 Å². The van der Waals surface area contributed by atoms with Gasteiger partial charge >= 0.3 is 0 Å². The molecule has 4 heteroatoms. The Kier molecular flexibility index (Phi) is 7.14. The molecule has 0 radical (unpaired) electrons. The number of hydrogen-bond donors (Lipinski definition) is 1. The fourth-order valence-corrected chi connectivity index (χ4v) is 2.62. The molecule has 124 valence electrons. The lowest BCUT2D eigenvalue weighted by Crippen LogP contribution is -2.38. The van der Waals surface area contributed by atoms with Crippen molar-refractivity contribution in [3.8, 4) is 0 Å². The smallest absolute Gasteiger partial charge is 0.222 e. The maximum atomic E-state index is 12.5. The summed E-state index contributed by atoms with van der Waals surface area (Å²) in [5.41, 5.74) is 5.91. The molecule has 1 heterocycles. The largest absolute Gasteiger partial charge is 0.341 e. The predicted octanol–water partition coefficient (Wildman–Crippen LogP) is 2.19. The van der Waals surface area contributed by atoms with Crippen LogP contribution in [0.4, 0.5) is 0 Å². The van der Waals surface area contributed by atoms with Gasteiger partial charge < -0.3 is 15.5 Å². The van der Waals surface area contributed by atoms with Crippen LogP contribution in [-0.4, -0.2) is 55.0 Å². The molecule has 0 bridgehead atoms. The average molecular weight is 297 g/mol. The topological polar surface area (TPSA) is 49.6 Å². The minimum atomic E-state index is 0.199. The Morgan fingerprint density at radius 2 is 1.81 bits per heavy atom. The third-order valence-electron chi connectivity index (χ3n) is 4.87. The molecular formula is C17H35N3O. The molecule has 1 aliphatic heterocycles. The van der Waals surface area contributed by atoms with Crippen LogP contribution >= 0.6 is 0 Å². The first kappa shape index (κ1) is 18.4. The van der Waals surface area contributed by atoms with Crippen molar-refractivity contribution >= 4 is 5.91 Å². The zero-order chi connectivity index (χ0) is 16.0. The summed E-state index contributed by atoms with van der Waals surface area (Å²) in [5.74, 6) is 1.28. The van der Waals surface area contributed by atoms with E-state index in [1.165, 1.54) is 0 Å². The maximum Gasteiger partial charge on any atom is 0.222 e. The third-order valence-corrected chi connectivity index (χ3v) is 4.87. The number of carbonyl (C=O) groups excluding carboxylic acids is 1. The van der Waals surface area contributed by atoms with Gasteiger partial charge in [0, 0.05) is 32.6 Å². The van der Waals surface area contributed by atoms with Crippen LogP contribution in [0.2, 0.25) is 0 Å². The van der Waals surface area contributed by atoms with Crippen molar-refractivity contribution in [3.05, 3.63) is 0 Å². The van der Waals surface area contributed by atoms with Gasteiger partial charge in [-0.1, -0.05) is 34.6 Å². The summed E-state index contributed by atoms with van der Waals surface area (Å²) < 4.78 is 0. The second-order valence-electron chi connectivity index (χ2n) is 7.85. The van der Waals surface area contributed by atoms with Gasteiger partial charge in [-0.05, 0) is 36.8 Å². The van der Waals surface area contributed by atoms with Crippen LogP contribution in [0.1, 0.15) is 47.5 Å². The Bertz CT molecular complexity index is 324. The zero-order valence-corrected chi connectivity index (χ0v) is 14.7. The summed E-state index contributed by atoms with van der Waals surface area (Å²) in [6.45, 7) is 16.7. The fraction of sp³-hybridized carbons (Fsp3) is 0.941. The van der Waals surface area contributed by atoms with Crippen LogP contribution in [0.3, 0.4) is 0 Å². The van der Waals surface area contributed by atoms with Crippen LogP contribution in [0.5, 0.6) is 0 Å². The van der Waals surface area contributed by atoms with Gasteiger partial charge in [0.2, 0.25) is 5.91 Å². The second kappa shape index (κ2) is 8.14. The average Bonchev–Trinajstić information content (AvgIpc) is 2.63. The molecule has 4 nitrogen and oxygen atoms in total. The Labute approximate surface area is 131 Å². The Morgan fingerprint density at radius 3 is 2.38 bits per heavy atom. The standard InChI is InChI=1S/C17H35N3O/c1-14(12-18)13-19-7-6-8-20(10-9-19)16(21)11-15(2)17(3,4)5/h14-15H,6-13,18H2,1-5H3. The van der Waals surface area contributed by atoms with Gasteiger partial charge in [-0.2, -0.15) is 0 Å². The van der Waals surface area contributed by atoms with Crippen molar-refractivity contribution in [1.29, 1.82) is 0 Å². The summed E-state index contributed by atoms with van der Waals surface area (Å²) in [6.07, 6.45) is 1.75. The van der Waals surface area contributed by atoms with Gasteiger partial charge in [-0.3, -0.25) is 4.79 Å². The molecule has 0 aliphatic carbocycles. The first-order valence-electron chi connectivity index (χ1n) is 8.44. The molecule has 0 aromatic heterocycles. The maximum absolute atomic E-state index is 12.5. The Balaban J connectivity index is 2.45. The van der Waals surface area contributed by atoms with Crippen molar-refractivity contribution in [2.45, 2.75) is 47.5 Å². The molecule has 1 fully saturated rings. The van der Waals surface area contributed by atoms with Crippen LogP contribution < -0.4 is 5.73 Å². The summed E-state index contributed by atoms with van der Waals surface area (Å²) in [5, 5.41) is 0. The normalized spacial score (nSPS) is 21.0. The molecule has 0 spiro atoms. The first-order valence-corrected chi connectivity index (χ1v) is 8.44. The molecule has 2 N–H and O–H groups in total. The van der Waals surface area contributed by atoms with E-state index < -0.39 is 0 Å². The molecular weight excluding hydrogens is 262 g/mol. The summed E-state index contributed by atoms with van der Waals surface area (Å²) in [4.78, 5) is 17.0. The van der Waals surface area contributed by atoms with E-state index in [1.54, 1.807) is 0 Å². The van der Waals surface area contributed by atoms with Gasteiger partial charge in [-0.15, -0.1) is 0 Å². The van der Waals surface area contributed by atoms with E-state index in [1.807, 2.05) is 0 Å². The minimum absolute atomic E-state index is 0.199. The monoisotopic (exact) mass is 297 g/mol. The lowest BCUT2D eigenvalue weighted by molar-refractivity contribution is -0.132. The number of rotatable bonds is 5. The predicted molar refractivity (Wildman–Crippen MR) is 89.1 cm³/mol. The van der Waals surface area contributed by atoms with Crippen molar-refractivity contribution in [1.82, 2.24) is 9.80 Å². The van der Waals surface area contributed by atoms with E-state index in [0.29, 0.717) is 24.2 Å². The molecule has 21 heavy (non-hydrogen) atoms. The van der Waals surface area contributed by atoms with E-state index in [9.17, 15) is 4.79 Å². The molecule has 2 unspecified atom stereocenters. The van der Waals surface area contributed by atoms with Gasteiger partial charge in [-0.25, -0.2) is 0 Å². The van der Waals surface area contributed by atoms with Crippen LogP contribution in [-0.2, 0) is 4.79 Å². The quantitative estimate of drug-likeness (QED) is 0.846. The lowest BCUT2D eigenvalue weighted by atomic mass is 9.80. The van der Waals surface area contributed by atoms with Crippen molar-refractivity contribution in [2.24, 2.45) is 23.0 Å². The highest BCUT2D eigenvalue weighted by molar-refractivity contribution is 5.76. The molecule has 0 aromatic rings. The van der Waals surface area contributed by atoms with E-state index in [2.05, 4.69) is 44.4 Å². The van der Waals surface area contributed by atoms with Crippen molar-refractivity contribution in [3.63, 3.8) is 0 Å². The number of amides is 1. The number of hydrogen-bond acceptors (Lipinski definition) is 3. The number of nitrogens with zero attached hydrogens (tertiary/aromatic N) is 2. The highest BCUT2D eigenvalue weighted by Crippen LogP contribution is 2.28. The van der Waals surface area contributed by atoms with Crippen LogP contribution in [0, 0.1) is 17.3 Å². The van der Waals surface area contributed by atoms with E-state index in [0.717, 1.165) is 45.7 Å². The first-order chi connectivity index (χ1) is 9.74. The van der Waals surface area contributed by atoms with Crippen molar-refractivity contribution in [2.75, 3.05) is 39.3 Å². The molecule has 1 rings (SSSR count). The van der Waals surface area contributed by atoms with Gasteiger partial charge in [0.1, 0.15) is 0 Å². The molecule has 0 aromatic carbocycles. The molecule has 1 amide bonds. The zero-order valence-electron chi connectivity index (χ0n) is 14.7. The van der Waals surface area contributed by atoms with Crippen LogP contribution in [0.25, 0.3) is 0 Å². The Hall–Kier alpha value is -0.610. The second-order valence-corrected chi connectivity index (χ2v) is 7.85.